The second kappa shape index (κ2) is 3.73. The van der Waals surface area contributed by atoms with E-state index < -0.39 is 5.91 Å². The molecule has 0 fully saturated rings. The predicted octanol–water partition coefficient (Wildman–Crippen LogP) is 1.40. The summed E-state index contributed by atoms with van der Waals surface area (Å²) in [7, 11) is 0. The molecular weight excluding hydrogens is 216 g/mol. The number of carbonyl (C=O) groups excluding carboxylic acids is 2. The Bertz CT molecular complexity index is 600. The number of nitrogens with one attached hydrogen (secondary N) is 1. The molecule has 1 aromatic heterocycles. The third kappa shape index (κ3) is 1.53. The van der Waals surface area contributed by atoms with Crippen LogP contribution in [0, 0.1) is 0 Å². The van der Waals surface area contributed by atoms with Crippen LogP contribution in [0.4, 0.5) is 0 Å². The summed E-state index contributed by atoms with van der Waals surface area (Å²) in [4.78, 5) is 21.5. The van der Waals surface area contributed by atoms with Gasteiger partial charge in [0.1, 0.15) is 6.17 Å². The van der Waals surface area contributed by atoms with Gasteiger partial charge < -0.3 is 9.88 Å². The highest BCUT2D eigenvalue weighted by Gasteiger charge is 2.21. The van der Waals surface area contributed by atoms with Crippen molar-refractivity contribution in [3.05, 3.63) is 36.0 Å². The van der Waals surface area contributed by atoms with Crippen molar-refractivity contribution in [2.24, 2.45) is 0 Å². The minimum Gasteiger partial charge on any atom is -0.329 e. The number of nitrogens with zero attached hydrogens (tertiary/aromatic N) is 1. The minimum atomic E-state index is -0.559. The first-order valence-corrected chi connectivity index (χ1v) is 5.64. The van der Waals surface area contributed by atoms with E-state index >= 15 is 0 Å². The Labute approximate surface area is 98.2 Å². The van der Waals surface area contributed by atoms with E-state index in [0.29, 0.717) is 6.29 Å². The molecular formula is C13H12N2O2. The van der Waals surface area contributed by atoms with Crippen molar-refractivity contribution in [1.29, 1.82) is 0 Å². The highest BCUT2D eigenvalue weighted by atomic mass is 16.2. The van der Waals surface area contributed by atoms with Crippen molar-refractivity contribution in [3.63, 3.8) is 0 Å². The minimum absolute atomic E-state index is 0.111. The summed E-state index contributed by atoms with van der Waals surface area (Å²) in [5.74, 6) is -0.559. The van der Waals surface area contributed by atoms with Crippen LogP contribution in [0.15, 0.2) is 30.5 Å². The van der Waals surface area contributed by atoms with Gasteiger partial charge >= 0.3 is 0 Å². The van der Waals surface area contributed by atoms with Gasteiger partial charge in [0.05, 0.1) is 5.52 Å². The number of benzene rings is 1. The van der Waals surface area contributed by atoms with E-state index in [1.807, 2.05) is 22.9 Å². The number of carbonyl (C=O) groups is 2. The lowest BCUT2D eigenvalue weighted by atomic mass is 10.0. The summed E-state index contributed by atoms with van der Waals surface area (Å²) < 4.78 is 2.04. The van der Waals surface area contributed by atoms with Gasteiger partial charge in [-0.15, -0.1) is 0 Å². The molecule has 3 rings (SSSR count). The number of aromatic nitrogens is 1. The maximum absolute atomic E-state index is 11.1. The Balaban J connectivity index is 2.06. The smallest absolute Gasteiger partial charge is 0.285 e. The molecule has 1 aliphatic rings. The third-order valence-electron chi connectivity index (χ3n) is 3.26. The number of aryl methyl sites for hydroxylation is 1. The lowest BCUT2D eigenvalue weighted by Gasteiger charge is -2.26. The summed E-state index contributed by atoms with van der Waals surface area (Å²) >= 11 is 0. The number of hydrogen-bond donors (Lipinski definition) is 1. The first-order valence-electron chi connectivity index (χ1n) is 5.64. The van der Waals surface area contributed by atoms with Crippen LogP contribution in [-0.4, -0.2) is 16.8 Å². The van der Waals surface area contributed by atoms with E-state index in [0.717, 1.165) is 18.4 Å². The van der Waals surface area contributed by atoms with E-state index in [1.165, 1.54) is 10.9 Å². The first-order chi connectivity index (χ1) is 8.29. The summed E-state index contributed by atoms with van der Waals surface area (Å²) in [6, 6.07) is 8.24. The van der Waals surface area contributed by atoms with Gasteiger partial charge in [-0.25, -0.2) is 0 Å². The topological polar surface area (TPSA) is 51.1 Å². The molecule has 1 aromatic carbocycles. The summed E-state index contributed by atoms with van der Waals surface area (Å²) in [6.07, 6.45) is 3.91. The number of aldehydes is 1. The van der Waals surface area contributed by atoms with E-state index in [1.54, 1.807) is 0 Å². The monoisotopic (exact) mass is 228 g/mol. The van der Waals surface area contributed by atoms with Crippen molar-refractivity contribution < 1.29 is 9.59 Å². The van der Waals surface area contributed by atoms with Gasteiger partial charge in [-0.05, 0) is 29.9 Å². The zero-order chi connectivity index (χ0) is 11.8. The highest BCUT2D eigenvalue weighted by Crippen LogP contribution is 2.30. The Hall–Kier alpha value is -2.10. The molecule has 4 heteroatoms. The fourth-order valence-electron chi connectivity index (χ4n) is 2.53. The maximum Gasteiger partial charge on any atom is 0.285 e. The van der Waals surface area contributed by atoms with Gasteiger partial charge in [-0.1, -0.05) is 18.2 Å². The Morgan fingerprint density at radius 2 is 2.29 bits per heavy atom. The van der Waals surface area contributed by atoms with Gasteiger partial charge in [0, 0.05) is 6.20 Å². The average Bonchev–Trinajstić information content (AvgIpc) is 2.79. The highest BCUT2D eigenvalue weighted by molar-refractivity contribution is 6.23. The fourth-order valence-corrected chi connectivity index (χ4v) is 2.53. The summed E-state index contributed by atoms with van der Waals surface area (Å²) in [5, 5.41) is 3.89. The van der Waals surface area contributed by atoms with Crippen LogP contribution in [-0.2, 0) is 16.0 Å². The van der Waals surface area contributed by atoms with E-state index in [2.05, 4.69) is 17.4 Å². The van der Waals surface area contributed by atoms with Crippen LogP contribution in [0.2, 0.25) is 0 Å². The van der Waals surface area contributed by atoms with Crippen LogP contribution in [0.3, 0.4) is 0 Å². The molecule has 1 unspecified atom stereocenters. The maximum atomic E-state index is 11.1. The SMILES string of the molecule is O=CC(=O)NC1CCc2cccc3ccn1c23. The Morgan fingerprint density at radius 1 is 1.41 bits per heavy atom. The zero-order valence-electron chi connectivity index (χ0n) is 9.22. The molecule has 2 heterocycles. The van der Waals surface area contributed by atoms with Gasteiger partial charge in [0.2, 0.25) is 6.29 Å². The van der Waals surface area contributed by atoms with Crippen molar-refractivity contribution in [2.45, 2.75) is 19.0 Å². The second-order valence-electron chi connectivity index (χ2n) is 4.26. The van der Waals surface area contributed by atoms with E-state index in [-0.39, 0.29) is 6.17 Å². The van der Waals surface area contributed by atoms with Gasteiger partial charge in [-0.3, -0.25) is 9.59 Å². The first kappa shape index (κ1) is 10.1. The molecule has 0 bridgehead atoms. The van der Waals surface area contributed by atoms with Crippen LogP contribution >= 0.6 is 0 Å². The van der Waals surface area contributed by atoms with Crippen molar-refractivity contribution in [1.82, 2.24) is 9.88 Å². The summed E-state index contributed by atoms with van der Waals surface area (Å²) in [6.45, 7) is 0. The molecule has 0 aliphatic carbocycles. The number of rotatable bonds is 2. The number of amides is 1. The molecule has 1 atom stereocenters. The lowest BCUT2D eigenvalue weighted by molar-refractivity contribution is -0.132. The van der Waals surface area contributed by atoms with Crippen LogP contribution in [0.25, 0.3) is 10.9 Å². The molecule has 1 N–H and O–H groups in total. The van der Waals surface area contributed by atoms with Crippen molar-refractivity contribution in [2.75, 3.05) is 0 Å². The van der Waals surface area contributed by atoms with E-state index in [9.17, 15) is 9.59 Å². The molecule has 4 nitrogen and oxygen atoms in total. The molecule has 86 valence electrons. The zero-order valence-corrected chi connectivity index (χ0v) is 9.22. The van der Waals surface area contributed by atoms with Gasteiger partial charge in [0.25, 0.3) is 5.91 Å². The van der Waals surface area contributed by atoms with Gasteiger partial charge in [-0.2, -0.15) is 0 Å². The molecule has 0 saturated heterocycles. The number of hydrogen-bond acceptors (Lipinski definition) is 2. The summed E-state index contributed by atoms with van der Waals surface area (Å²) in [5.41, 5.74) is 2.46. The molecule has 1 aliphatic heterocycles. The normalized spacial score (nSPS) is 18.0. The van der Waals surface area contributed by atoms with Gasteiger partial charge in [0.15, 0.2) is 0 Å². The molecule has 0 radical (unpaired) electrons. The van der Waals surface area contributed by atoms with Crippen molar-refractivity contribution >= 4 is 23.1 Å². The van der Waals surface area contributed by atoms with E-state index in [4.69, 9.17) is 0 Å². The second-order valence-corrected chi connectivity index (χ2v) is 4.26. The fraction of sp³-hybridized carbons (Fsp3) is 0.231. The molecule has 0 saturated carbocycles. The average molecular weight is 228 g/mol. The Kier molecular flexibility index (Phi) is 2.21. The molecule has 1 amide bonds. The lowest BCUT2D eigenvalue weighted by Crippen LogP contribution is -2.34. The standard InChI is InChI=1S/C13H12N2O2/c16-8-12(17)14-11-5-4-9-2-1-3-10-6-7-15(11)13(9)10/h1-3,6-8,11H,4-5H2,(H,14,17). The molecule has 17 heavy (non-hydrogen) atoms. The molecule has 0 spiro atoms. The number of para-hydroxylation sites is 1. The predicted molar refractivity (Wildman–Crippen MR) is 63.5 cm³/mol. The van der Waals surface area contributed by atoms with Crippen LogP contribution in [0.5, 0.6) is 0 Å². The largest absolute Gasteiger partial charge is 0.329 e. The Morgan fingerprint density at radius 3 is 3.12 bits per heavy atom. The molecule has 2 aromatic rings. The van der Waals surface area contributed by atoms with Crippen LogP contribution in [0.1, 0.15) is 18.2 Å². The van der Waals surface area contributed by atoms with Crippen molar-refractivity contribution in [3.8, 4) is 0 Å². The third-order valence-corrected chi connectivity index (χ3v) is 3.26. The quantitative estimate of drug-likeness (QED) is 0.624. The van der Waals surface area contributed by atoms with Crippen LogP contribution < -0.4 is 5.32 Å².